The number of amides is 3. The van der Waals surface area contributed by atoms with Crippen LogP contribution in [-0.2, 0) is 16.1 Å². The smallest absolute Gasteiger partial charge is 0.270 e. The maximum Gasteiger partial charge on any atom is 0.270 e. The summed E-state index contributed by atoms with van der Waals surface area (Å²) in [5.41, 5.74) is 12.5. The molecule has 2 heterocycles. The van der Waals surface area contributed by atoms with E-state index in [1.54, 1.807) is 49.6 Å². The molecule has 212 valence electrons. The largest absolute Gasteiger partial charge is 0.497 e. The van der Waals surface area contributed by atoms with E-state index in [1.807, 2.05) is 13.0 Å². The van der Waals surface area contributed by atoms with E-state index in [9.17, 15) is 14.4 Å². The van der Waals surface area contributed by atoms with Crippen molar-refractivity contribution in [3.05, 3.63) is 70.2 Å². The summed E-state index contributed by atoms with van der Waals surface area (Å²) in [6, 6.07) is 13.1. The Balaban J connectivity index is 1.77. The van der Waals surface area contributed by atoms with E-state index in [4.69, 9.17) is 25.7 Å². The van der Waals surface area contributed by atoms with Crippen molar-refractivity contribution in [1.82, 2.24) is 14.6 Å². The Morgan fingerprint density at radius 2 is 1.98 bits per heavy atom. The molecule has 2 atom stereocenters. The number of rotatable bonds is 12. The predicted octanol–water partition coefficient (Wildman–Crippen LogP) is 2.91. The van der Waals surface area contributed by atoms with Crippen LogP contribution in [0.4, 0.5) is 5.69 Å². The number of ether oxygens (including phenoxy) is 3. The second kappa shape index (κ2) is 13.3. The lowest BCUT2D eigenvalue weighted by molar-refractivity contribution is -0.126. The van der Waals surface area contributed by atoms with Crippen LogP contribution in [0.2, 0.25) is 0 Å². The molecule has 2 aromatic carbocycles. The van der Waals surface area contributed by atoms with E-state index < -0.39 is 23.8 Å². The van der Waals surface area contributed by atoms with Crippen LogP contribution >= 0.6 is 11.5 Å². The molecule has 1 aliphatic heterocycles. The van der Waals surface area contributed by atoms with Gasteiger partial charge in [0.1, 0.15) is 22.4 Å². The molecule has 0 unspecified atom stereocenters. The standard InChI is InChI=1S/C28H33N5O6S/c1-3-38-19-11-9-18(10-12-19)24(27(35)31-15-21-8-5-13-39-21)33(16-17-6-4-7-20(14-17)37-2)28(36)25-22(29)23(26(30)34)32-40-25/h4,6-7,9-12,14,21,24H,3,5,8,13,15-16,29H2,1-2H3,(H2,30,34)(H,31,35)/t21-,24-/m0/s1. The summed E-state index contributed by atoms with van der Waals surface area (Å²) in [6.07, 6.45) is 1.67. The third-order valence-electron chi connectivity index (χ3n) is 6.50. The van der Waals surface area contributed by atoms with Crippen molar-refractivity contribution in [2.24, 2.45) is 5.73 Å². The fourth-order valence-electron chi connectivity index (χ4n) is 4.51. The molecule has 3 aromatic rings. The second-order valence-electron chi connectivity index (χ2n) is 9.21. The van der Waals surface area contributed by atoms with Gasteiger partial charge in [-0.15, -0.1) is 0 Å². The Morgan fingerprint density at radius 1 is 1.20 bits per heavy atom. The average molecular weight is 568 g/mol. The molecule has 1 fully saturated rings. The number of hydrogen-bond acceptors (Lipinski definition) is 9. The maximum absolute atomic E-state index is 14.1. The number of nitrogens with zero attached hydrogens (tertiary/aromatic N) is 2. The third kappa shape index (κ3) is 6.69. The van der Waals surface area contributed by atoms with Crippen LogP contribution in [0.1, 0.15) is 57.1 Å². The molecule has 11 nitrogen and oxygen atoms in total. The number of nitrogens with two attached hydrogens (primary N) is 2. The Morgan fingerprint density at radius 3 is 2.60 bits per heavy atom. The highest BCUT2D eigenvalue weighted by Gasteiger charge is 2.35. The molecule has 4 rings (SSSR count). The first-order valence-corrected chi connectivity index (χ1v) is 13.7. The quantitative estimate of drug-likeness (QED) is 0.301. The predicted molar refractivity (Wildman–Crippen MR) is 150 cm³/mol. The number of carbonyl (C=O) groups is 3. The number of nitrogens with one attached hydrogen (secondary N) is 1. The highest BCUT2D eigenvalue weighted by molar-refractivity contribution is 7.09. The Bertz CT molecular complexity index is 1340. The number of benzene rings is 2. The molecule has 1 aliphatic rings. The summed E-state index contributed by atoms with van der Waals surface area (Å²) >= 11 is 0.763. The molecule has 0 radical (unpaired) electrons. The SMILES string of the molecule is CCOc1ccc([C@@H](C(=O)NC[C@@H]2CCCO2)N(Cc2cccc(OC)c2)C(=O)c2snc(C(N)=O)c2N)cc1. The molecule has 40 heavy (non-hydrogen) atoms. The minimum atomic E-state index is -1.06. The Kier molecular flexibility index (Phi) is 9.56. The van der Waals surface area contributed by atoms with E-state index in [0.717, 1.165) is 24.4 Å². The van der Waals surface area contributed by atoms with E-state index in [-0.39, 0.29) is 28.9 Å². The molecular formula is C28H33N5O6S. The summed E-state index contributed by atoms with van der Waals surface area (Å²) in [5, 5.41) is 2.96. The van der Waals surface area contributed by atoms with E-state index in [2.05, 4.69) is 9.69 Å². The van der Waals surface area contributed by atoms with Crippen LogP contribution in [-0.4, -0.2) is 60.0 Å². The van der Waals surface area contributed by atoms with Crippen LogP contribution < -0.4 is 26.3 Å². The van der Waals surface area contributed by atoms with Crippen molar-refractivity contribution in [2.75, 3.05) is 32.6 Å². The molecule has 3 amide bonds. The summed E-state index contributed by atoms with van der Waals surface area (Å²) in [6.45, 7) is 3.35. The summed E-state index contributed by atoms with van der Waals surface area (Å²) in [5.74, 6) is -0.581. The highest BCUT2D eigenvalue weighted by atomic mass is 32.1. The van der Waals surface area contributed by atoms with Gasteiger partial charge in [0.15, 0.2) is 5.69 Å². The first-order valence-electron chi connectivity index (χ1n) is 12.9. The van der Waals surface area contributed by atoms with Gasteiger partial charge in [-0.1, -0.05) is 24.3 Å². The zero-order chi connectivity index (χ0) is 28.6. The molecule has 0 saturated carbocycles. The lowest BCUT2D eigenvalue weighted by Crippen LogP contribution is -2.45. The number of carbonyl (C=O) groups excluding carboxylic acids is 3. The first-order chi connectivity index (χ1) is 19.3. The normalized spacial score (nSPS) is 15.3. The topological polar surface area (TPSA) is 159 Å². The lowest BCUT2D eigenvalue weighted by atomic mass is 10.0. The van der Waals surface area contributed by atoms with Gasteiger partial charge in [0.05, 0.1) is 25.5 Å². The van der Waals surface area contributed by atoms with Gasteiger partial charge in [0, 0.05) is 19.7 Å². The second-order valence-corrected chi connectivity index (χ2v) is 9.98. The number of primary amides is 1. The minimum absolute atomic E-state index is 0.0135. The van der Waals surface area contributed by atoms with E-state index in [0.29, 0.717) is 42.4 Å². The van der Waals surface area contributed by atoms with Crippen molar-refractivity contribution < 1.29 is 28.6 Å². The first kappa shape index (κ1) is 28.8. The van der Waals surface area contributed by atoms with Gasteiger partial charge in [-0.3, -0.25) is 14.4 Å². The van der Waals surface area contributed by atoms with Gasteiger partial charge < -0.3 is 35.9 Å². The maximum atomic E-state index is 14.1. The number of aromatic nitrogens is 1. The van der Waals surface area contributed by atoms with Gasteiger partial charge in [-0.25, -0.2) is 0 Å². The van der Waals surface area contributed by atoms with Crippen molar-refractivity contribution >= 4 is 34.9 Å². The molecule has 0 spiro atoms. The zero-order valence-corrected chi connectivity index (χ0v) is 23.2. The molecule has 0 aliphatic carbocycles. The fourth-order valence-corrected chi connectivity index (χ4v) is 5.27. The van der Waals surface area contributed by atoms with Gasteiger partial charge in [-0.05, 0) is 66.7 Å². The Hall–Kier alpha value is -4.16. The Labute approximate surface area is 236 Å². The summed E-state index contributed by atoms with van der Waals surface area (Å²) in [7, 11) is 1.55. The fraction of sp³-hybridized carbons (Fsp3) is 0.357. The molecule has 5 N–H and O–H groups in total. The van der Waals surface area contributed by atoms with Crippen LogP contribution in [0.3, 0.4) is 0 Å². The van der Waals surface area contributed by atoms with Gasteiger partial charge in [-0.2, -0.15) is 4.37 Å². The molecule has 1 saturated heterocycles. The molecule has 0 bridgehead atoms. The number of anilines is 1. The molecule has 1 aromatic heterocycles. The van der Waals surface area contributed by atoms with E-state index >= 15 is 0 Å². The van der Waals surface area contributed by atoms with Crippen LogP contribution in [0.25, 0.3) is 0 Å². The average Bonchev–Trinajstić information content (AvgIpc) is 3.62. The molecule has 12 heteroatoms. The minimum Gasteiger partial charge on any atom is -0.497 e. The number of nitrogen functional groups attached to an aromatic ring is 1. The molecular weight excluding hydrogens is 534 g/mol. The monoisotopic (exact) mass is 567 g/mol. The highest BCUT2D eigenvalue weighted by Crippen LogP contribution is 2.31. The third-order valence-corrected chi connectivity index (χ3v) is 7.35. The van der Waals surface area contributed by atoms with Crippen molar-refractivity contribution in [2.45, 2.75) is 38.5 Å². The van der Waals surface area contributed by atoms with Crippen LogP contribution in [0.15, 0.2) is 48.5 Å². The summed E-state index contributed by atoms with van der Waals surface area (Å²) in [4.78, 5) is 41.2. The van der Waals surface area contributed by atoms with Crippen LogP contribution in [0.5, 0.6) is 11.5 Å². The van der Waals surface area contributed by atoms with Gasteiger partial charge >= 0.3 is 0 Å². The van der Waals surface area contributed by atoms with Crippen LogP contribution in [0, 0.1) is 0 Å². The summed E-state index contributed by atoms with van der Waals surface area (Å²) < 4.78 is 20.6. The van der Waals surface area contributed by atoms with Crippen molar-refractivity contribution in [3.8, 4) is 11.5 Å². The van der Waals surface area contributed by atoms with Gasteiger partial charge in [0.2, 0.25) is 5.91 Å². The lowest BCUT2D eigenvalue weighted by Gasteiger charge is -2.32. The number of hydrogen-bond donors (Lipinski definition) is 3. The van der Waals surface area contributed by atoms with Gasteiger partial charge in [0.25, 0.3) is 11.8 Å². The zero-order valence-electron chi connectivity index (χ0n) is 22.4. The van der Waals surface area contributed by atoms with Crippen molar-refractivity contribution in [3.63, 3.8) is 0 Å². The van der Waals surface area contributed by atoms with Crippen molar-refractivity contribution in [1.29, 1.82) is 0 Å². The number of methoxy groups -OCH3 is 1. The van der Waals surface area contributed by atoms with E-state index in [1.165, 1.54) is 4.90 Å².